The molecule has 112 valence electrons. The molecular formula is C17H22N2O2. The molecule has 2 N–H and O–H groups in total. The first-order valence-corrected chi connectivity index (χ1v) is 7.81. The van der Waals surface area contributed by atoms with Gasteiger partial charge in [0.05, 0.1) is 11.6 Å². The summed E-state index contributed by atoms with van der Waals surface area (Å²) < 4.78 is 0. The topological polar surface area (TPSA) is 56.3 Å². The van der Waals surface area contributed by atoms with Crippen LogP contribution < -0.4 is 5.56 Å². The monoisotopic (exact) mass is 286 g/mol. The number of aliphatic hydroxyl groups is 1. The van der Waals surface area contributed by atoms with Crippen molar-refractivity contribution >= 4 is 0 Å². The summed E-state index contributed by atoms with van der Waals surface area (Å²) in [6, 6.07) is 3.62. The predicted octanol–water partition coefficient (Wildman–Crippen LogP) is 1.41. The van der Waals surface area contributed by atoms with E-state index in [-0.39, 0.29) is 23.1 Å². The van der Waals surface area contributed by atoms with Crippen molar-refractivity contribution in [3.05, 3.63) is 45.4 Å². The molecule has 1 aromatic rings. The maximum Gasteiger partial charge on any atom is 0.248 e. The minimum absolute atomic E-state index is 0.0265. The van der Waals surface area contributed by atoms with Gasteiger partial charge in [-0.15, -0.1) is 0 Å². The van der Waals surface area contributed by atoms with Gasteiger partial charge in [-0.05, 0) is 50.8 Å². The van der Waals surface area contributed by atoms with Crippen LogP contribution in [-0.2, 0) is 12.0 Å². The van der Waals surface area contributed by atoms with Gasteiger partial charge in [0.1, 0.15) is 0 Å². The molecule has 2 heterocycles. The van der Waals surface area contributed by atoms with Crippen LogP contribution in [0.2, 0.25) is 0 Å². The van der Waals surface area contributed by atoms with E-state index < -0.39 is 0 Å². The van der Waals surface area contributed by atoms with E-state index in [1.807, 2.05) is 6.07 Å². The molecule has 4 nitrogen and oxygen atoms in total. The van der Waals surface area contributed by atoms with Crippen molar-refractivity contribution in [2.24, 2.45) is 11.8 Å². The number of H-pyrrole nitrogens is 1. The number of aromatic nitrogens is 1. The SMILES string of the molecule is CC1=CC2Cc3[nH]c(=O)ccc3[C@@]3(C1)C2[C@@H](O)CCN3C. The Balaban J connectivity index is 2.00. The number of nitrogens with one attached hydrogen (secondary N) is 1. The number of piperidine rings is 1. The molecule has 0 aromatic carbocycles. The molecule has 2 bridgehead atoms. The maximum atomic E-state index is 11.7. The fourth-order valence-corrected chi connectivity index (χ4v) is 5.11. The predicted molar refractivity (Wildman–Crippen MR) is 81.1 cm³/mol. The van der Waals surface area contributed by atoms with Crippen LogP contribution in [0, 0.1) is 11.8 Å². The molecule has 0 radical (unpaired) electrons. The summed E-state index contributed by atoms with van der Waals surface area (Å²) in [5, 5.41) is 10.7. The van der Waals surface area contributed by atoms with Gasteiger partial charge in [-0.3, -0.25) is 9.69 Å². The van der Waals surface area contributed by atoms with Crippen LogP contribution in [0.1, 0.15) is 31.0 Å². The van der Waals surface area contributed by atoms with E-state index in [1.165, 1.54) is 11.1 Å². The summed E-state index contributed by atoms with van der Waals surface area (Å²) in [7, 11) is 2.16. The van der Waals surface area contributed by atoms with Gasteiger partial charge >= 0.3 is 0 Å². The van der Waals surface area contributed by atoms with Crippen molar-refractivity contribution in [1.29, 1.82) is 0 Å². The summed E-state index contributed by atoms with van der Waals surface area (Å²) in [6.07, 6.45) is 4.68. The smallest absolute Gasteiger partial charge is 0.248 e. The third-order valence-electron chi connectivity index (χ3n) is 5.82. The fourth-order valence-electron chi connectivity index (χ4n) is 5.11. The number of pyridine rings is 1. The first kappa shape index (κ1) is 13.3. The number of nitrogens with zero attached hydrogens (tertiary/aromatic N) is 1. The van der Waals surface area contributed by atoms with Gasteiger partial charge in [0.2, 0.25) is 5.56 Å². The second-order valence-electron chi connectivity index (χ2n) is 7.00. The van der Waals surface area contributed by atoms with Gasteiger partial charge in [0, 0.05) is 24.2 Å². The lowest BCUT2D eigenvalue weighted by atomic mass is 9.55. The Morgan fingerprint density at radius 1 is 1.43 bits per heavy atom. The fraction of sp³-hybridized carbons (Fsp3) is 0.588. The highest BCUT2D eigenvalue weighted by Crippen LogP contribution is 2.56. The number of rotatable bonds is 0. The molecule has 1 aromatic heterocycles. The Kier molecular flexibility index (Phi) is 2.72. The lowest BCUT2D eigenvalue weighted by molar-refractivity contribution is -0.101. The Labute approximate surface area is 124 Å². The minimum atomic E-state index is -0.254. The Hall–Kier alpha value is -1.39. The van der Waals surface area contributed by atoms with E-state index in [1.54, 1.807) is 6.07 Å². The average Bonchev–Trinajstić information content (AvgIpc) is 2.41. The average molecular weight is 286 g/mol. The molecule has 0 amide bonds. The van der Waals surface area contributed by atoms with Gasteiger partial charge in [-0.25, -0.2) is 0 Å². The molecule has 1 saturated heterocycles. The Bertz CT molecular complexity index is 678. The molecule has 4 heteroatoms. The third-order valence-corrected chi connectivity index (χ3v) is 5.82. The molecule has 4 rings (SSSR count). The molecule has 4 atom stereocenters. The summed E-state index contributed by atoms with van der Waals surface area (Å²) in [5.74, 6) is 0.556. The molecule has 0 saturated carbocycles. The number of likely N-dealkylation sites (tertiary alicyclic amines) is 1. The summed E-state index contributed by atoms with van der Waals surface area (Å²) in [5.41, 5.74) is 3.50. The van der Waals surface area contributed by atoms with E-state index >= 15 is 0 Å². The third kappa shape index (κ3) is 1.66. The van der Waals surface area contributed by atoms with Crippen LogP contribution in [0.25, 0.3) is 0 Å². The van der Waals surface area contributed by atoms with Gasteiger partial charge in [-0.2, -0.15) is 0 Å². The molecular weight excluding hydrogens is 264 g/mol. The van der Waals surface area contributed by atoms with Crippen molar-refractivity contribution in [2.45, 2.75) is 37.8 Å². The zero-order valence-corrected chi connectivity index (χ0v) is 12.6. The van der Waals surface area contributed by atoms with Gasteiger partial charge < -0.3 is 10.1 Å². The normalized spacial score (nSPS) is 38.4. The molecule has 1 fully saturated rings. The highest BCUT2D eigenvalue weighted by atomic mass is 16.3. The van der Waals surface area contributed by atoms with Crippen LogP contribution in [-0.4, -0.2) is 34.7 Å². The van der Waals surface area contributed by atoms with Crippen molar-refractivity contribution in [3.63, 3.8) is 0 Å². The van der Waals surface area contributed by atoms with Crippen molar-refractivity contribution in [2.75, 3.05) is 13.6 Å². The number of allylic oxidation sites excluding steroid dienone is 1. The van der Waals surface area contributed by atoms with Crippen LogP contribution in [0.4, 0.5) is 0 Å². The van der Waals surface area contributed by atoms with Crippen molar-refractivity contribution in [1.82, 2.24) is 9.88 Å². The van der Waals surface area contributed by atoms with Gasteiger partial charge in [-0.1, -0.05) is 11.6 Å². The van der Waals surface area contributed by atoms with Crippen LogP contribution >= 0.6 is 0 Å². The number of hydrogen-bond donors (Lipinski definition) is 2. The highest BCUT2D eigenvalue weighted by Gasteiger charge is 2.57. The largest absolute Gasteiger partial charge is 0.393 e. The first-order valence-electron chi connectivity index (χ1n) is 7.81. The number of hydrogen-bond acceptors (Lipinski definition) is 3. The van der Waals surface area contributed by atoms with Gasteiger partial charge in [0.15, 0.2) is 0 Å². The number of aliphatic hydroxyl groups excluding tert-OH is 1. The molecule has 2 aliphatic carbocycles. The molecule has 21 heavy (non-hydrogen) atoms. The summed E-state index contributed by atoms with van der Waals surface area (Å²) in [6.45, 7) is 3.09. The van der Waals surface area contributed by atoms with E-state index in [4.69, 9.17) is 0 Å². The minimum Gasteiger partial charge on any atom is -0.393 e. The second kappa shape index (κ2) is 4.31. The molecule has 1 aliphatic heterocycles. The number of aromatic amines is 1. The maximum absolute atomic E-state index is 11.7. The number of fused-ring (bicyclic) bond motifs is 1. The van der Waals surface area contributed by atoms with E-state index in [2.05, 4.69) is 29.9 Å². The highest BCUT2D eigenvalue weighted by molar-refractivity contribution is 5.40. The molecule has 0 spiro atoms. The quantitative estimate of drug-likeness (QED) is 0.709. The summed E-state index contributed by atoms with van der Waals surface area (Å²) >= 11 is 0. The second-order valence-corrected chi connectivity index (χ2v) is 7.00. The Morgan fingerprint density at radius 3 is 3.05 bits per heavy atom. The van der Waals surface area contributed by atoms with Gasteiger partial charge in [0.25, 0.3) is 0 Å². The standard InChI is InChI=1S/C17H22N2O2/c1-10-7-11-8-13-12(3-4-15(21)18-13)17(9-10)16(11)14(20)5-6-19(17)2/h3-4,7,11,14,16,20H,5-6,8-9H2,1-2H3,(H,18,21)/t11?,14-,16?,17-/m0/s1. The van der Waals surface area contributed by atoms with E-state index in [0.717, 1.165) is 31.5 Å². The molecule has 3 aliphatic rings. The van der Waals surface area contributed by atoms with E-state index in [9.17, 15) is 9.90 Å². The lowest BCUT2D eigenvalue weighted by Gasteiger charge is -2.60. The van der Waals surface area contributed by atoms with E-state index in [0.29, 0.717) is 5.92 Å². The lowest BCUT2D eigenvalue weighted by Crippen LogP contribution is -2.63. The Morgan fingerprint density at radius 2 is 2.24 bits per heavy atom. The van der Waals surface area contributed by atoms with Crippen molar-refractivity contribution < 1.29 is 5.11 Å². The zero-order chi connectivity index (χ0) is 14.8. The van der Waals surface area contributed by atoms with Crippen LogP contribution in [0.15, 0.2) is 28.6 Å². The van der Waals surface area contributed by atoms with Crippen LogP contribution in [0.3, 0.4) is 0 Å². The van der Waals surface area contributed by atoms with Crippen molar-refractivity contribution in [3.8, 4) is 0 Å². The molecule has 2 unspecified atom stereocenters. The van der Waals surface area contributed by atoms with Crippen LogP contribution in [0.5, 0.6) is 0 Å². The zero-order valence-electron chi connectivity index (χ0n) is 12.6. The first-order chi connectivity index (χ1) is 10.0. The summed E-state index contributed by atoms with van der Waals surface area (Å²) in [4.78, 5) is 17.1.